The van der Waals surface area contributed by atoms with E-state index in [1.54, 1.807) is 0 Å². The van der Waals surface area contributed by atoms with E-state index in [0.717, 1.165) is 19.3 Å². The van der Waals surface area contributed by atoms with Crippen molar-refractivity contribution in [3.63, 3.8) is 0 Å². The fourth-order valence-electron chi connectivity index (χ4n) is 2.55. The highest BCUT2D eigenvalue weighted by Crippen LogP contribution is 2.39. The number of unbranched alkanes of at least 4 members (excludes halogenated alkanes) is 2. The fourth-order valence-corrected chi connectivity index (χ4v) is 2.55. The molecule has 0 spiro atoms. The van der Waals surface area contributed by atoms with Gasteiger partial charge in [0.1, 0.15) is 6.21 Å². The van der Waals surface area contributed by atoms with Crippen LogP contribution in [0.2, 0.25) is 0 Å². The molecule has 3 atom stereocenters. The molecule has 0 amide bonds. The van der Waals surface area contributed by atoms with Crippen molar-refractivity contribution in [3.05, 3.63) is 12.7 Å². The zero-order chi connectivity index (χ0) is 13.6. The van der Waals surface area contributed by atoms with Crippen LogP contribution in [-0.2, 0) is 9.53 Å². The normalized spacial score (nSPS) is 23.5. The number of esters is 1. The number of aliphatic imine (C=N–C) groups is 1. The maximum atomic E-state index is 11.2. The van der Waals surface area contributed by atoms with E-state index in [2.05, 4.69) is 32.3 Å². The minimum absolute atomic E-state index is 0.0779. The molecule has 1 aliphatic rings. The average molecular weight is 251 g/mol. The first-order valence-electron chi connectivity index (χ1n) is 6.88. The lowest BCUT2D eigenvalue weighted by atomic mass is 9.76. The lowest BCUT2D eigenvalue weighted by Crippen LogP contribution is -2.33. The number of hydrogen-bond donors (Lipinski definition) is 0. The van der Waals surface area contributed by atoms with E-state index in [4.69, 9.17) is 4.74 Å². The summed E-state index contributed by atoms with van der Waals surface area (Å²) in [6.07, 6.45) is 8.50. The first-order chi connectivity index (χ1) is 8.51. The molecule has 0 fully saturated rings. The van der Waals surface area contributed by atoms with Crippen LogP contribution >= 0.6 is 0 Å². The topological polar surface area (TPSA) is 38.7 Å². The van der Waals surface area contributed by atoms with E-state index >= 15 is 0 Å². The van der Waals surface area contributed by atoms with E-state index in [1.165, 1.54) is 19.1 Å². The van der Waals surface area contributed by atoms with Gasteiger partial charge in [0.25, 0.3) is 0 Å². The Morgan fingerprint density at radius 2 is 2.33 bits per heavy atom. The molecular weight excluding hydrogens is 226 g/mol. The van der Waals surface area contributed by atoms with Gasteiger partial charge in [-0.2, -0.15) is 0 Å². The lowest BCUT2D eigenvalue weighted by molar-refractivity contribution is -0.143. The Labute approximate surface area is 110 Å². The molecule has 1 rings (SSSR count). The van der Waals surface area contributed by atoms with Crippen LogP contribution in [0, 0.1) is 11.3 Å². The number of ether oxygens (including phenoxy) is 1. The molecule has 0 aromatic rings. The number of hydrogen-bond acceptors (Lipinski definition) is 3. The van der Waals surface area contributed by atoms with Crippen molar-refractivity contribution in [2.75, 3.05) is 0 Å². The summed E-state index contributed by atoms with van der Waals surface area (Å²) in [5, 5.41) is 0. The van der Waals surface area contributed by atoms with Crippen LogP contribution in [-0.4, -0.2) is 18.4 Å². The molecule has 0 aromatic carbocycles. The van der Waals surface area contributed by atoms with Gasteiger partial charge >= 0.3 is 5.97 Å². The Hall–Kier alpha value is -1.12. The molecule has 3 nitrogen and oxygen atoms in total. The van der Waals surface area contributed by atoms with Gasteiger partial charge in [0.15, 0.2) is 6.23 Å². The highest BCUT2D eigenvalue weighted by Gasteiger charge is 2.39. The van der Waals surface area contributed by atoms with Crippen LogP contribution < -0.4 is 0 Å². The highest BCUT2D eigenvalue weighted by molar-refractivity contribution is 6.24. The van der Waals surface area contributed by atoms with Gasteiger partial charge in [0, 0.05) is 5.41 Å². The van der Waals surface area contributed by atoms with E-state index in [0.29, 0.717) is 5.92 Å². The molecule has 0 aliphatic carbocycles. The van der Waals surface area contributed by atoms with Gasteiger partial charge in [-0.15, -0.1) is 6.58 Å². The molecule has 0 aromatic heterocycles. The lowest BCUT2D eigenvalue weighted by Gasteiger charge is -2.34. The molecular formula is C15H25NO2. The van der Waals surface area contributed by atoms with Gasteiger partial charge in [-0.3, -0.25) is 0 Å². The van der Waals surface area contributed by atoms with Gasteiger partial charge in [-0.25, -0.2) is 9.79 Å². The molecule has 3 heteroatoms. The quantitative estimate of drug-likeness (QED) is 0.374. The van der Waals surface area contributed by atoms with E-state index in [9.17, 15) is 4.79 Å². The molecule has 102 valence electrons. The minimum atomic E-state index is -0.316. The van der Waals surface area contributed by atoms with Crippen molar-refractivity contribution in [3.8, 4) is 0 Å². The molecule has 3 unspecified atom stereocenters. The Morgan fingerprint density at radius 1 is 1.61 bits per heavy atom. The second-order valence-electron chi connectivity index (χ2n) is 5.60. The minimum Gasteiger partial charge on any atom is -0.435 e. The predicted octanol–water partition coefficient (Wildman–Crippen LogP) is 3.74. The van der Waals surface area contributed by atoms with Gasteiger partial charge in [-0.1, -0.05) is 46.1 Å². The molecule has 0 saturated carbocycles. The third-order valence-corrected chi connectivity index (χ3v) is 3.68. The standard InChI is InChI=1S/C15H25NO2/c1-5-7-8-9-15(4,10-12(3)6-2)14-16-11-13(17)18-14/h6,11-12,14H,2,5,7-10H2,1,3-4H3. The van der Waals surface area contributed by atoms with Crippen LogP contribution in [0.4, 0.5) is 0 Å². The third-order valence-electron chi connectivity index (χ3n) is 3.68. The van der Waals surface area contributed by atoms with Gasteiger partial charge in [0.2, 0.25) is 0 Å². The SMILES string of the molecule is C=CC(C)CC(C)(CCCCC)C1N=CC(=O)O1. The number of carbonyl (C=O) groups excluding carboxylic acids is 1. The maximum Gasteiger partial charge on any atom is 0.351 e. The Morgan fingerprint density at radius 3 is 2.83 bits per heavy atom. The number of cyclic esters (lactones) is 1. The predicted molar refractivity (Wildman–Crippen MR) is 74.6 cm³/mol. The summed E-state index contributed by atoms with van der Waals surface area (Å²) in [6, 6.07) is 0. The summed E-state index contributed by atoms with van der Waals surface area (Å²) in [5.41, 5.74) is -0.0779. The summed E-state index contributed by atoms with van der Waals surface area (Å²) in [5.74, 6) is 0.0964. The number of rotatable bonds is 8. The third kappa shape index (κ3) is 3.97. The van der Waals surface area contributed by atoms with Crippen molar-refractivity contribution in [1.82, 2.24) is 0 Å². The summed E-state index contributed by atoms with van der Waals surface area (Å²) in [7, 11) is 0. The van der Waals surface area contributed by atoms with Crippen LogP contribution in [0.3, 0.4) is 0 Å². The summed E-state index contributed by atoms with van der Waals surface area (Å²) in [6.45, 7) is 10.3. The van der Waals surface area contributed by atoms with Crippen LogP contribution in [0.5, 0.6) is 0 Å². The van der Waals surface area contributed by atoms with Crippen molar-refractivity contribution in [1.29, 1.82) is 0 Å². The van der Waals surface area contributed by atoms with Crippen LogP contribution in [0.15, 0.2) is 17.6 Å². The number of carbonyl (C=O) groups is 1. The number of nitrogens with zero attached hydrogens (tertiary/aromatic N) is 1. The van der Waals surface area contributed by atoms with Gasteiger partial charge in [-0.05, 0) is 18.8 Å². The van der Waals surface area contributed by atoms with Crippen molar-refractivity contribution in [2.24, 2.45) is 16.3 Å². The van der Waals surface area contributed by atoms with Crippen molar-refractivity contribution in [2.45, 2.75) is 59.1 Å². The maximum absolute atomic E-state index is 11.2. The Bertz CT molecular complexity index is 324. The first-order valence-corrected chi connectivity index (χ1v) is 6.88. The molecule has 18 heavy (non-hydrogen) atoms. The van der Waals surface area contributed by atoms with Crippen LogP contribution in [0.25, 0.3) is 0 Å². The molecule has 0 radical (unpaired) electrons. The highest BCUT2D eigenvalue weighted by atomic mass is 16.6. The zero-order valence-corrected chi connectivity index (χ0v) is 11.8. The summed E-state index contributed by atoms with van der Waals surface area (Å²) in [4.78, 5) is 15.4. The monoisotopic (exact) mass is 251 g/mol. The van der Waals surface area contributed by atoms with E-state index in [1.807, 2.05) is 6.08 Å². The van der Waals surface area contributed by atoms with Gasteiger partial charge in [0.05, 0.1) is 0 Å². The molecule has 1 heterocycles. The Kier molecular flexibility index (Phi) is 5.57. The summed E-state index contributed by atoms with van der Waals surface area (Å²) < 4.78 is 5.31. The van der Waals surface area contributed by atoms with Crippen LogP contribution in [0.1, 0.15) is 52.9 Å². The average Bonchev–Trinajstić information content (AvgIpc) is 2.77. The smallest absolute Gasteiger partial charge is 0.351 e. The molecule has 0 saturated heterocycles. The fraction of sp³-hybridized carbons (Fsp3) is 0.733. The Balaban J connectivity index is 2.69. The zero-order valence-electron chi connectivity index (χ0n) is 11.8. The number of allylic oxidation sites excluding steroid dienone is 1. The van der Waals surface area contributed by atoms with Crippen molar-refractivity contribution < 1.29 is 9.53 Å². The van der Waals surface area contributed by atoms with Crippen molar-refractivity contribution >= 4 is 12.2 Å². The summed E-state index contributed by atoms with van der Waals surface area (Å²) >= 11 is 0. The first kappa shape index (κ1) is 14.9. The second-order valence-corrected chi connectivity index (χ2v) is 5.60. The molecule has 0 bridgehead atoms. The molecule has 0 N–H and O–H groups in total. The second kappa shape index (κ2) is 6.72. The largest absolute Gasteiger partial charge is 0.435 e. The van der Waals surface area contributed by atoms with Gasteiger partial charge < -0.3 is 4.74 Å². The van der Waals surface area contributed by atoms with E-state index < -0.39 is 0 Å². The van der Waals surface area contributed by atoms with E-state index in [-0.39, 0.29) is 17.6 Å². The molecule has 1 aliphatic heterocycles.